The first-order valence-corrected chi connectivity index (χ1v) is 3.21. The summed E-state index contributed by atoms with van der Waals surface area (Å²) in [5.74, 6) is 0.462. The van der Waals surface area contributed by atoms with Gasteiger partial charge in [-0.2, -0.15) is 0 Å². The molecule has 0 saturated heterocycles. The molecule has 0 amide bonds. The summed E-state index contributed by atoms with van der Waals surface area (Å²) in [5, 5.41) is 8.64. The van der Waals surface area contributed by atoms with Gasteiger partial charge in [-0.05, 0) is 25.2 Å². The van der Waals surface area contributed by atoms with Crippen LogP contribution in [0.15, 0.2) is 12.2 Å². The van der Waals surface area contributed by atoms with Crippen molar-refractivity contribution in [1.29, 1.82) is 0 Å². The van der Waals surface area contributed by atoms with Crippen molar-refractivity contribution < 1.29 is 5.11 Å². The predicted octanol–water partition coefficient (Wildman–Crippen LogP) is 1.33. The lowest BCUT2D eigenvalue weighted by Crippen LogP contribution is -2.04. The van der Waals surface area contributed by atoms with Crippen LogP contribution in [0.2, 0.25) is 0 Å². The molecule has 0 fully saturated rings. The molecule has 1 nitrogen and oxygen atoms in total. The smallest absolute Gasteiger partial charge is 0.0493 e. The first-order chi connectivity index (χ1) is 3.93. The lowest BCUT2D eigenvalue weighted by Gasteiger charge is -2.11. The lowest BCUT2D eigenvalue weighted by atomic mass is 9.97. The van der Waals surface area contributed by atoms with Gasteiger partial charge in [-0.3, -0.25) is 0 Å². The van der Waals surface area contributed by atoms with Crippen LogP contribution < -0.4 is 0 Å². The fourth-order valence-electron chi connectivity index (χ4n) is 1.03. The van der Waals surface area contributed by atoms with Gasteiger partial charge in [0.2, 0.25) is 0 Å². The maximum atomic E-state index is 8.64. The lowest BCUT2D eigenvalue weighted by molar-refractivity contribution is 0.241. The van der Waals surface area contributed by atoms with Crippen LogP contribution in [-0.2, 0) is 0 Å². The maximum absolute atomic E-state index is 8.64. The maximum Gasteiger partial charge on any atom is 0.0493 e. The minimum absolute atomic E-state index is 0.330. The van der Waals surface area contributed by atoms with Gasteiger partial charge in [0.25, 0.3) is 0 Å². The van der Waals surface area contributed by atoms with Crippen molar-refractivity contribution >= 4 is 0 Å². The second kappa shape index (κ2) is 2.88. The number of aliphatic hydroxyl groups is 1. The fourth-order valence-corrected chi connectivity index (χ4v) is 1.03. The van der Waals surface area contributed by atoms with E-state index in [4.69, 9.17) is 5.11 Å². The first kappa shape index (κ1) is 5.83. The van der Waals surface area contributed by atoms with Crippen LogP contribution in [0, 0.1) is 5.92 Å². The average Bonchev–Trinajstić information content (AvgIpc) is 1.90. The highest BCUT2D eigenvalue weighted by Gasteiger charge is 2.04. The summed E-state index contributed by atoms with van der Waals surface area (Å²) in [4.78, 5) is 0. The van der Waals surface area contributed by atoms with Crippen molar-refractivity contribution in [2.24, 2.45) is 5.92 Å². The van der Waals surface area contributed by atoms with E-state index in [-0.39, 0.29) is 0 Å². The van der Waals surface area contributed by atoms with E-state index < -0.39 is 0 Å². The van der Waals surface area contributed by atoms with Crippen LogP contribution in [0.1, 0.15) is 19.3 Å². The molecule has 46 valence electrons. The monoisotopic (exact) mass is 112 g/mol. The molecule has 0 aromatic heterocycles. The molecule has 0 aromatic carbocycles. The third-order valence-electron chi connectivity index (χ3n) is 1.59. The molecule has 1 aliphatic rings. The van der Waals surface area contributed by atoms with Gasteiger partial charge in [0.15, 0.2) is 0 Å². The SMILES string of the molecule is OC[C@@H]1C=CCCC1. The van der Waals surface area contributed by atoms with Gasteiger partial charge in [0, 0.05) is 6.61 Å². The van der Waals surface area contributed by atoms with Crippen LogP contribution in [0.3, 0.4) is 0 Å². The highest BCUT2D eigenvalue weighted by atomic mass is 16.3. The summed E-state index contributed by atoms with van der Waals surface area (Å²) < 4.78 is 0. The Labute approximate surface area is 50.0 Å². The van der Waals surface area contributed by atoms with Crippen LogP contribution >= 0.6 is 0 Å². The molecule has 1 atom stereocenters. The van der Waals surface area contributed by atoms with E-state index in [9.17, 15) is 0 Å². The normalized spacial score (nSPS) is 28.4. The summed E-state index contributed by atoms with van der Waals surface area (Å²) in [5.41, 5.74) is 0. The highest BCUT2D eigenvalue weighted by Crippen LogP contribution is 2.15. The average molecular weight is 112 g/mol. The van der Waals surface area contributed by atoms with E-state index in [1.807, 2.05) is 0 Å². The molecular weight excluding hydrogens is 100 g/mol. The number of allylic oxidation sites excluding steroid dienone is 1. The van der Waals surface area contributed by atoms with Gasteiger partial charge in [-0.15, -0.1) is 0 Å². The van der Waals surface area contributed by atoms with Gasteiger partial charge < -0.3 is 5.11 Å². The van der Waals surface area contributed by atoms with E-state index in [0.717, 1.165) is 0 Å². The Morgan fingerprint density at radius 2 is 2.50 bits per heavy atom. The molecule has 0 aromatic rings. The standard InChI is InChI=1S/C7H12O/c8-6-7-4-2-1-3-5-7/h2,4,7-8H,1,3,5-6H2/t7-/m1/s1. The molecule has 1 rings (SSSR count). The molecule has 8 heavy (non-hydrogen) atoms. The Kier molecular flexibility index (Phi) is 2.10. The Morgan fingerprint density at radius 1 is 1.62 bits per heavy atom. The molecule has 0 heterocycles. The number of aliphatic hydroxyl groups excluding tert-OH is 1. The molecule has 0 spiro atoms. The second-order valence-corrected chi connectivity index (χ2v) is 2.30. The molecule has 0 unspecified atom stereocenters. The van der Waals surface area contributed by atoms with Gasteiger partial charge in [0.05, 0.1) is 0 Å². The van der Waals surface area contributed by atoms with Crippen molar-refractivity contribution in [2.75, 3.05) is 6.61 Å². The Bertz CT molecular complexity index is 86.4. The Hall–Kier alpha value is -0.300. The van der Waals surface area contributed by atoms with Crippen LogP contribution in [-0.4, -0.2) is 11.7 Å². The van der Waals surface area contributed by atoms with Crippen molar-refractivity contribution in [1.82, 2.24) is 0 Å². The molecule has 1 heteroatoms. The molecule has 0 radical (unpaired) electrons. The van der Waals surface area contributed by atoms with Gasteiger partial charge >= 0.3 is 0 Å². The third kappa shape index (κ3) is 1.34. The third-order valence-corrected chi connectivity index (χ3v) is 1.59. The quantitative estimate of drug-likeness (QED) is 0.507. The molecule has 0 saturated carbocycles. The van der Waals surface area contributed by atoms with Crippen LogP contribution in [0.5, 0.6) is 0 Å². The summed E-state index contributed by atoms with van der Waals surface area (Å²) in [6, 6.07) is 0. The van der Waals surface area contributed by atoms with Crippen LogP contribution in [0.25, 0.3) is 0 Å². The largest absolute Gasteiger partial charge is 0.396 e. The molecule has 1 aliphatic carbocycles. The van der Waals surface area contributed by atoms with Gasteiger partial charge in [-0.1, -0.05) is 12.2 Å². The first-order valence-electron chi connectivity index (χ1n) is 3.21. The number of hydrogen-bond donors (Lipinski definition) is 1. The zero-order chi connectivity index (χ0) is 5.82. The summed E-state index contributed by atoms with van der Waals surface area (Å²) >= 11 is 0. The molecule has 0 aliphatic heterocycles. The van der Waals surface area contributed by atoms with Crippen molar-refractivity contribution in [3.05, 3.63) is 12.2 Å². The fraction of sp³-hybridized carbons (Fsp3) is 0.714. The Morgan fingerprint density at radius 3 is 2.88 bits per heavy atom. The Balaban J connectivity index is 2.32. The minimum atomic E-state index is 0.330. The van der Waals surface area contributed by atoms with E-state index >= 15 is 0 Å². The number of rotatable bonds is 1. The van der Waals surface area contributed by atoms with E-state index in [0.29, 0.717) is 12.5 Å². The molecule has 1 N–H and O–H groups in total. The van der Waals surface area contributed by atoms with Crippen molar-refractivity contribution in [3.63, 3.8) is 0 Å². The van der Waals surface area contributed by atoms with E-state index in [1.165, 1.54) is 19.3 Å². The van der Waals surface area contributed by atoms with Gasteiger partial charge in [-0.25, -0.2) is 0 Å². The molecular formula is C7H12O. The summed E-state index contributed by atoms with van der Waals surface area (Å²) in [6.07, 6.45) is 7.90. The predicted molar refractivity (Wildman–Crippen MR) is 33.6 cm³/mol. The van der Waals surface area contributed by atoms with E-state index in [2.05, 4.69) is 12.2 Å². The van der Waals surface area contributed by atoms with Crippen molar-refractivity contribution in [3.8, 4) is 0 Å². The van der Waals surface area contributed by atoms with E-state index in [1.54, 1.807) is 0 Å². The highest BCUT2D eigenvalue weighted by molar-refractivity contribution is 4.92. The topological polar surface area (TPSA) is 20.2 Å². The summed E-state index contributed by atoms with van der Waals surface area (Å²) in [7, 11) is 0. The zero-order valence-corrected chi connectivity index (χ0v) is 5.01. The van der Waals surface area contributed by atoms with Crippen molar-refractivity contribution in [2.45, 2.75) is 19.3 Å². The second-order valence-electron chi connectivity index (χ2n) is 2.30. The minimum Gasteiger partial charge on any atom is -0.396 e. The number of hydrogen-bond acceptors (Lipinski definition) is 1. The molecule has 0 bridgehead atoms. The zero-order valence-electron chi connectivity index (χ0n) is 5.01. The summed E-state index contributed by atoms with van der Waals surface area (Å²) in [6.45, 7) is 0.330. The van der Waals surface area contributed by atoms with Gasteiger partial charge in [0.1, 0.15) is 0 Å². The van der Waals surface area contributed by atoms with Crippen LogP contribution in [0.4, 0.5) is 0 Å².